The first-order valence-electron chi connectivity index (χ1n) is 8.26. The summed E-state index contributed by atoms with van der Waals surface area (Å²) in [6.07, 6.45) is 7.64. The first-order chi connectivity index (χ1) is 9.63. The molecule has 4 nitrogen and oxygen atoms in total. The van der Waals surface area contributed by atoms with Crippen LogP contribution in [0.1, 0.15) is 58.8 Å². The van der Waals surface area contributed by atoms with Gasteiger partial charge in [-0.3, -0.25) is 9.59 Å². The molecule has 4 heteroatoms. The zero-order valence-corrected chi connectivity index (χ0v) is 12.6. The summed E-state index contributed by atoms with van der Waals surface area (Å²) < 4.78 is 0. The third-order valence-corrected chi connectivity index (χ3v) is 5.38. The van der Waals surface area contributed by atoms with Gasteiger partial charge in [0.25, 0.3) is 0 Å². The second-order valence-electron chi connectivity index (χ2n) is 6.84. The maximum absolute atomic E-state index is 12.9. The Balaban J connectivity index is 1.87. The van der Waals surface area contributed by atoms with Gasteiger partial charge in [0.1, 0.15) is 12.1 Å². The van der Waals surface area contributed by atoms with Crippen LogP contribution in [0.4, 0.5) is 0 Å². The molecule has 1 N–H and O–H groups in total. The fraction of sp³-hybridized carbons (Fsp3) is 0.875. The van der Waals surface area contributed by atoms with Gasteiger partial charge < -0.3 is 10.2 Å². The van der Waals surface area contributed by atoms with Crippen molar-refractivity contribution in [2.75, 3.05) is 0 Å². The molecule has 0 aromatic carbocycles. The number of rotatable bonds is 4. The highest BCUT2D eigenvalue weighted by atomic mass is 16.2. The van der Waals surface area contributed by atoms with Crippen LogP contribution in [0.2, 0.25) is 0 Å². The van der Waals surface area contributed by atoms with Crippen molar-refractivity contribution in [1.82, 2.24) is 10.2 Å². The minimum Gasteiger partial charge on any atom is -0.342 e. The van der Waals surface area contributed by atoms with Crippen LogP contribution in [-0.2, 0) is 9.59 Å². The summed E-state index contributed by atoms with van der Waals surface area (Å²) in [5.41, 5.74) is 0. The molecule has 0 spiro atoms. The molecular weight excluding hydrogens is 252 g/mol. The van der Waals surface area contributed by atoms with Gasteiger partial charge in [0, 0.05) is 6.04 Å². The zero-order valence-electron chi connectivity index (χ0n) is 12.6. The van der Waals surface area contributed by atoms with E-state index in [1.807, 2.05) is 4.90 Å². The smallest absolute Gasteiger partial charge is 0.246 e. The van der Waals surface area contributed by atoms with E-state index in [9.17, 15) is 9.59 Å². The molecule has 112 valence electrons. The number of hydrogen-bond donors (Lipinski definition) is 1. The summed E-state index contributed by atoms with van der Waals surface area (Å²) in [5.74, 6) is 0.917. The molecule has 3 unspecified atom stereocenters. The quantitative estimate of drug-likeness (QED) is 0.856. The van der Waals surface area contributed by atoms with Crippen molar-refractivity contribution in [2.45, 2.75) is 76.9 Å². The van der Waals surface area contributed by atoms with Gasteiger partial charge >= 0.3 is 0 Å². The summed E-state index contributed by atoms with van der Waals surface area (Å²) in [7, 11) is 0. The van der Waals surface area contributed by atoms with Crippen molar-refractivity contribution in [3.63, 3.8) is 0 Å². The van der Waals surface area contributed by atoms with Crippen LogP contribution in [0.15, 0.2) is 0 Å². The summed E-state index contributed by atoms with van der Waals surface area (Å²) in [5, 5.41) is 3.02. The summed E-state index contributed by atoms with van der Waals surface area (Å²) >= 11 is 0. The number of carbonyl (C=O) groups excluding carboxylic acids is 2. The van der Waals surface area contributed by atoms with Crippen molar-refractivity contribution in [2.24, 2.45) is 11.8 Å². The highest BCUT2D eigenvalue weighted by Gasteiger charge is 2.50. The Bertz CT molecular complexity index is 399. The Morgan fingerprint density at radius 3 is 2.40 bits per heavy atom. The molecule has 2 saturated carbocycles. The van der Waals surface area contributed by atoms with Crippen molar-refractivity contribution < 1.29 is 9.59 Å². The van der Waals surface area contributed by atoms with E-state index in [0.29, 0.717) is 12.0 Å². The number of nitrogens with zero attached hydrogens (tertiary/aromatic N) is 1. The van der Waals surface area contributed by atoms with Crippen LogP contribution >= 0.6 is 0 Å². The average Bonchev–Trinajstić information content (AvgIpc) is 3.14. The topological polar surface area (TPSA) is 49.4 Å². The molecule has 1 heterocycles. The summed E-state index contributed by atoms with van der Waals surface area (Å²) in [6.45, 7) is 4.19. The third-order valence-electron chi connectivity index (χ3n) is 5.38. The number of hydrogen-bond acceptors (Lipinski definition) is 2. The largest absolute Gasteiger partial charge is 0.342 e. The van der Waals surface area contributed by atoms with Crippen molar-refractivity contribution in [1.29, 1.82) is 0 Å². The molecule has 1 saturated heterocycles. The minimum atomic E-state index is -0.245. The average molecular weight is 278 g/mol. The number of piperazine rings is 1. The van der Waals surface area contributed by atoms with Crippen LogP contribution < -0.4 is 5.32 Å². The maximum atomic E-state index is 12.9. The molecule has 3 fully saturated rings. The Labute approximate surface area is 121 Å². The van der Waals surface area contributed by atoms with Crippen molar-refractivity contribution in [3.8, 4) is 0 Å². The van der Waals surface area contributed by atoms with Gasteiger partial charge in [-0.15, -0.1) is 0 Å². The van der Waals surface area contributed by atoms with Crippen molar-refractivity contribution in [3.05, 3.63) is 0 Å². The zero-order chi connectivity index (χ0) is 14.3. The highest BCUT2D eigenvalue weighted by Crippen LogP contribution is 2.38. The Hall–Kier alpha value is -1.06. The fourth-order valence-corrected chi connectivity index (χ4v) is 3.82. The van der Waals surface area contributed by atoms with Gasteiger partial charge in [-0.25, -0.2) is 0 Å². The van der Waals surface area contributed by atoms with Gasteiger partial charge in [-0.1, -0.05) is 33.1 Å². The number of amides is 2. The summed E-state index contributed by atoms with van der Waals surface area (Å²) in [6, 6.07) is -0.178. The first kappa shape index (κ1) is 13.9. The lowest BCUT2D eigenvalue weighted by Gasteiger charge is -2.44. The second-order valence-corrected chi connectivity index (χ2v) is 6.84. The predicted molar refractivity (Wildman–Crippen MR) is 77.0 cm³/mol. The molecular formula is C16H26N2O2. The fourth-order valence-electron chi connectivity index (χ4n) is 3.82. The predicted octanol–water partition coefficient (Wildman–Crippen LogP) is 2.08. The van der Waals surface area contributed by atoms with Crippen LogP contribution in [0, 0.1) is 11.8 Å². The van der Waals surface area contributed by atoms with Gasteiger partial charge in [-0.2, -0.15) is 0 Å². The Morgan fingerprint density at radius 1 is 1.20 bits per heavy atom. The van der Waals surface area contributed by atoms with E-state index in [1.165, 1.54) is 12.8 Å². The Kier molecular flexibility index (Phi) is 3.74. The summed E-state index contributed by atoms with van der Waals surface area (Å²) in [4.78, 5) is 27.4. The molecule has 3 atom stereocenters. The molecule has 2 aliphatic carbocycles. The number of nitrogens with one attached hydrogen (secondary N) is 1. The van der Waals surface area contributed by atoms with E-state index >= 15 is 0 Å². The van der Waals surface area contributed by atoms with E-state index in [0.717, 1.165) is 32.1 Å². The van der Waals surface area contributed by atoms with Gasteiger partial charge in [0.2, 0.25) is 11.8 Å². The standard InChI is InChI=1S/C16H26N2O2/c1-3-10(2)14-15(19)17-13(11-8-9-11)16(20)18(14)12-6-4-5-7-12/h10-14H,3-9H2,1-2H3,(H,17,19). The molecule has 3 aliphatic rings. The molecule has 20 heavy (non-hydrogen) atoms. The van der Waals surface area contributed by atoms with Crippen molar-refractivity contribution >= 4 is 11.8 Å². The highest BCUT2D eigenvalue weighted by molar-refractivity contribution is 5.97. The third kappa shape index (κ3) is 2.33. The monoisotopic (exact) mass is 278 g/mol. The van der Waals surface area contributed by atoms with Crippen LogP contribution in [0.25, 0.3) is 0 Å². The Morgan fingerprint density at radius 2 is 1.85 bits per heavy atom. The molecule has 0 aromatic heterocycles. The van der Waals surface area contributed by atoms with E-state index in [1.54, 1.807) is 0 Å². The SMILES string of the molecule is CCC(C)C1C(=O)NC(C2CC2)C(=O)N1C1CCCC1. The van der Waals surface area contributed by atoms with E-state index in [4.69, 9.17) is 0 Å². The molecule has 0 radical (unpaired) electrons. The normalized spacial score (nSPS) is 33.4. The van der Waals surface area contributed by atoms with Gasteiger partial charge in [0.05, 0.1) is 0 Å². The van der Waals surface area contributed by atoms with E-state index in [2.05, 4.69) is 19.2 Å². The molecule has 0 aromatic rings. The maximum Gasteiger partial charge on any atom is 0.246 e. The lowest BCUT2D eigenvalue weighted by molar-refractivity contribution is -0.155. The van der Waals surface area contributed by atoms with Crippen LogP contribution in [0.5, 0.6) is 0 Å². The molecule has 2 amide bonds. The molecule has 1 aliphatic heterocycles. The molecule has 0 bridgehead atoms. The van der Waals surface area contributed by atoms with E-state index < -0.39 is 0 Å². The van der Waals surface area contributed by atoms with Crippen LogP contribution in [0.3, 0.4) is 0 Å². The number of carbonyl (C=O) groups is 2. The second kappa shape index (κ2) is 5.38. The first-order valence-corrected chi connectivity index (χ1v) is 8.26. The lowest BCUT2D eigenvalue weighted by Crippen LogP contribution is -2.67. The van der Waals surface area contributed by atoms with Gasteiger partial charge in [-0.05, 0) is 37.5 Å². The van der Waals surface area contributed by atoms with Gasteiger partial charge in [0.15, 0.2) is 0 Å². The van der Waals surface area contributed by atoms with E-state index in [-0.39, 0.29) is 29.8 Å². The minimum absolute atomic E-state index is 0.0859. The molecule has 3 rings (SSSR count). The lowest BCUT2D eigenvalue weighted by atomic mass is 9.90. The van der Waals surface area contributed by atoms with Crippen LogP contribution in [-0.4, -0.2) is 34.8 Å².